The molecule has 2 aliphatic rings. The van der Waals surface area contributed by atoms with Crippen molar-refractivity contribution in [3.63, 3.8) is 0 Å². The van der Waals surface area contributed by atoms with Gasteiger partial charge in [-0.2, -0.15) is 0 Å². The molecule has 3 atom stereocenters. The van der Waals surface area contributed by atoms with Gasteiger partial charge in [0.2, 0.25) is 5.91 Å². The number of amides is 1. The Morgan fingerprint density at radius 2 is 1.88 bits per heavy atom. The molecule has 0 unspecified atom stereocenters. The standard InChI is InChI=1S/C20H21ClN2O2/c21-16-8-6-14(7-9-16)11-23-12-17(15-4-2-1-3-5-15)20-18(23)10-22-19(24)13-25-20/h1-9,17-18,20H,10-13H2,(H,22,24)/t17-,18-,20-/m1/s1. The Kier molecular flexibility index (Phi) is 4.75. The molecule has 1 N–H and O–H groups in total. The third-order valence-electron chi connectivity index (χ3n) is 5.12. The molecule has 2 saturated heterocycles. The number of nitrogens with one attached hydrogen (secondary N) is 1. The van der Waals surface area contributed by atoms with Crippen LogP contribution in [0.5, 0.6) is 0 Å². The monoisotopic (exact) mass is 356 g/mol. The van der Waals surface area contributed by atoms with Crippen molar-refractivity contribution in [2.75, 3.05) is 19.7 Å². The molecule has 0 spiro atoms. The number of halogens is 1. The molecule has 25 heavy (non-hydrogen) atoms. The Labute approximate surface area is 152 Å². The maximum Gasteiger partial charge on any atom is 0.246 e. The van der Waals surface area contributed by atoms with Gasteiger partial charge in [0.1, 0.15) is 6.61 Å². The lowest BCUT2D eigenvalue weighted by Crippen LogP contribution is -2.42. The Bertz CT molecular complexity index is 735. The topological polar surface area (TPSA) is 41.6 Å². The fourth-order valence-electron chi connectivity index (χ4n) is 3.88. The normalized spacial score (nSPS) is 26.8. The second kappa shape index (κ2) is 7.16. The molecule has 4 rings (SSSR count). The summed E-state index contributed by atoms with van der Waals surface area (Å²) in [5.74, 6) is 0.235. The lowest BCUT2D eigenvalue weighted by molar-refractivity contribution is -0.125. The fourth-order valence-corrected chi connectivity index (χ4v) is 4.01. The number of hydrogen-bond acceptors (Lipinski definition) is 3. The van der Waals surface area contributed by atoms with E-state index in [1.165, 1.54) is 11.1 Å². The van der Waals surface area contributed by atoms with E-state index in [9.17, 15) is 4.79 Å². The zero-order valence-corrected chi connectivity index (χ0v) is 14.7. The molecular weight excluding hydrogens is 336 g/mol. The van der Waals surface area contributed by atoms with Crippen molar-refractivity contribution in [1.82, 2.24) is 10.2 Å². The summed E-state index contributed by atoms with van der Waals surface area (Å²) >= 11 is 6.00. The minimum absolute atomic E-state index is 0.0219. The highest BCUT2D eigenvalue weighted by molar-refractivity contribution is 6.30. The number of likely N-dealkylation sites (tertiary alicyclic amines) is 1. The van der Waals surface area contributed by atoms with E-state index in [1.807, 2.05) is 18.2 Å². The second-order valence-corrected chi connectivity index (χ2v) is 7.16. The molecule has 4 nitrogen and oxygen atoms in total. The first-order chi connectivity index (χ1) is 12.2. The summed E-state index contributed by atoms with van der Waals surface area (Å²) in [5.41, 5.74) is 2.48. The van der Waals surface area contributed by atoms with Gasteiger partial charge in [0.15, 0.2) is 0 Å². The van der Waals surface area contributed by atoms with Gasteiger partial charge in [0.25, 0.3) is 0 Å². The predicted octanol–water partition coefficient (Wildman–Crippen LogP) is 2.82. The van der Waals surface area contributed by atoms with Gasteiger partial charge >= 0.3 is 0 Å². The third kappa shape index (κ3) is 3.56. The maximum atomic E-state index is 11.8. The molecule has 2 aromatic rings. The highest BCUT2D eigenvalue weighted by atomic mass is 35.5. The second-order valence-electron chi connectivity index (χ2n) is 6.72. The van der Waals surface area contributed by atoms with Gasteiger partial charge in [-0.1, -0.05) is 54.1 Å². The molecule has 2 aromatic carbocycles. The number of carbonyl (C=O) groups is 1. The Morgan fingerprint density at radius 1 is 1.12 bits per heavy atom. The van der Waals surface area contributed by atoms with Gasteiger partial charge in [-0.25, -0.2) is 0 Å². The minimum atomic E-state index is -0.0346. The number of rotatable bonds is 3. The van der Waals surface area contributed by atoms with E-state index in [2.05, 4.69) is 46.6 Å². The summed E-state index contributed by atoms with van der Waals surface area (Å²) < 4.78 is 6.02. The SMILES string of the molecule is O=C1CO[C@@H]2[C@@H](c3ccccc3)CN(Cc3ccc(Cl)cc3)[C@@H]2CN1. The third-order valence-corrected chi connectivity index (χ3v) is 5.37. The fraction of sp³-hybridized carbons (Fsp3) is 0.350. The van der Waals surface area contributed by atoms with E-state index in [0.717, 1.165) is 18.1 Å². The van der Waals surface area contributed by atoms with Crippen LogP contribution in [-0.4, -0.2) is 42.6 Å². The van der Waals surface area contributed by atoms with Crippen LogP contribution in [-0.2, 0) is 16.1 Å². The zero-order valence-electron chi connectivity index (χ0n) is 13.9. The average Bonchev–Trinajstić information content (AvgIpc) is 2.86. The van der Waals surface area contributed by atoms with Crippen LogP contribution in [0.2, 0.25) is 5.02 Å². The number of ether oxygens (including phenoxy) is 1. The zero-order chi connectivity index (χ0) is 17.2. The van der Waals surface area contributed by atoms with Crippen LogP contribution < -0.4 is 5.32 Å². The van der Waals surface area contributed by atoms with E-state index in [4.69, 9.17) is 16.3 Å². The Hall–Kier alpha value is -1.88. The molecule has 0 aromatic heterocycles. The molecule has 5 heteroatoms. The van der Waals surface area contributed by atoms with E-state index in [0.29, 0.717) is 6.54 Å². The molecule has 1 amide bonds. The first-order valence-electron chi connectivity index (χ1n) is 8.62. The van der Waals surface area contributed by atoms with Crippen molar-refractivity contribution >= 4 is 17.5 Å². The van der Waals surface area contributed by atoms with Crippen molar-refractivity contribution in [3.05, 3.63) is 70.7 Å². The summed E-state index contributed by atoms with van der Waals surface area (Å²) in [6.07, 6.45) is 0.0219. The molecule has 0 aliphatic carbocycles. The highest BCUT2D eigenvalue weighted by Crippen LogP contribution is 2.36. The molecule has 0 saturated carbocycles. The van der Waals surface area contributed by atoms with Gasteiger partial charge < -0.3 is 10.1 Å². The van der Waals surface area contributed by atoms with Crippen molar-refractivity contribution in [1.29, 1.82) is 0 Å². The van der Waals surface area contributed by atoms with Crippen molar-refractivity contribution in [2.24, 2.45) is 0 Å². The maximum absolute atomic E-state index is 11.8. The van der Waals surface area contributed by atoms with Crippen LogP contribution in [0.15, 0.2) is 54.6 Å². The van der Waals surface area contributed by atoms with Gasteiger partial charge in [0, 0.05) is 30.6 Å². The van der Waals surface area contributed by atoms with Crippen LogP contribution in [0.3, 0.4) is 0 Å². The lowest BCUT2D eigenvalue weighted by atomic mass is 9.93. The number of hydrogen-bond donors (Lipinski definition) is 1. The van der Waals surface area contributed by atoms with Crippen molar-refractivity contribution < 1.29 is 9.53 Å². The molecule has 0 bridgehead atoms. The molecule has 2 heterocycles. The van der Waals surface area contributed by atoms with E-state index in [-0.39, 0.29) is 30.6 Å². The highest BCUT2D eigenvalue weighted by Gasteiger charge is 2.44. The summed E-state index contributed by atoms with van der Waals surface area (Å²) in [6, 6.07) is 18.6. The lowest BCUT2D eigenvalue weighted by Gasteiger charge is -2.26. The van der Waals surface area contributed by atoms with Crippen LogP contribution in [0.4, 0.5) is 0 Å². The van der Waals surface area contributed by atoms with Crippen LogP contribution in [0.25, 0.3) is 0 Å². The molecule has 130 valence electrons. The summed E-state index contributed by atoms with van der Waals surface area (Å²) in [4.78, 5) is 14.2. The minimum Gasteiger partial charge on any atom is -0.366 e. The molecule has 2 aliphatic heterocycles. The molecule has 2 fully saturated rings. The Morgan fingerprint density at radius 3 is 2.64 bits per heavy atom. The number of carbonyl (C=O) groups excluding carboxylic acids is 1. The summed E-state index contributed by atoms with van der Waals surface area (Å²) in [5, 5.41) is 3.73. The van der Waals surface area contributed by atoms with Gasteiger partial charge in [-0.3, -0.25) is 9.69 Å². The molecular formula is C20H21ClN2O2. The quantitative estimate of drug-likeness (QED) is 0.919. The first-order valence-corrected chi connectivity index (χ1v) is 9.00. The average molecular weight is 357 g/mol. The number of benzene rings is 2. The van der Waals surface area contributed by atoms with Crippen LogP contribution >= 0.6 is 11.6 Å². The molecule has 0 radical (unpaired) electrons. The van der Waals surface area contributed by atoms with Crippen molar-refractivity contribution in [2.45, 2.75) is 24.6 Å². The van der Waals surface area contributed by atoms with Gasteiger partial charge in [0.05, 0.1) is 12.1 Å². The first kappa shape index (κ1) is 16.6. The number of fused-ring (bicyclic) bond motifs is 1. The van der Waals surface area contributed by atoms with E-state index < -0.39 is 0 Å². The smallest absolute Gasteiger partial charge is 0.246 e. The van der Waals surface area contributed by atoms with Gasteiger partial charge in [-0.05, 0) is 23.3 Å². The summed E-state index contributed by atoms with van der Waals surface area (Å²) in [6.45, 7) is 2.50. The summed E-state index contributed by atoms with van der Waals surface area (Å²) in [7, 11) is 0. The van der Waals surface area contributed by atoms with Gasteiger partial charge in [-0.15, -0.1) is 0 Å². The predicted molar refractivity (Wildman–Crippen MR) is 97.6 cm³/mol. The van der Waals surface area contributed by atoms with Crippen molar-refractivity contribution in [3.8, 4) is 0 Å². The largest absolute Gasteiger partial charge is 0.366 e. The Balaban J connectivity index is 1.60. The van der Waals surface area contributed by atoms with Crippen LogP contribution in [0.1, 0.15) is 17.0 Å². The van der Waals surface area contributed by atoms with E-state index >= 15 is 0 Å². The van der Waals surface area contributed by atoms with E-state index in [1.54, 1.807) is 0 Å². The van der Waals surface area contributed by atoms with Crippen LogP contribution in [0, 0.1) is 0 Å². The number of nitrogens with zero attached hydrogens (tertiary/aromatic N) is 1.